The van der Waals surface area contributed by atoms with E-state index in [1.807, 2.05) is 13.8 Å². The normalized spacial score (nSPS) is 10.7. The van der Waals surface area contributed by atoms with E-state index in [1.165, 1.54) is 13.3 Å². The van der Waals surface area contributed by atoms with Gasteiger partial charge in [0.2, 0.25) is 11.8 Å². The quantitative estimate of drug-likeness (QED) is 0.325. The Morgan fingerprint density at radius 1 is 1.13 bits per heavy atom. The van der Waals surface area contributed by atoms with E-state index < -0.39 is 11.8 Å². The van der Waals surface area contributed by atoms with Crippen molar-refractivity contribution in [3.63, 3.8) is 0 Å². The van der Waals surface area contributed by atoms with Gasteiger partial charge in [0.15, 0.2) is 11.5 Å². The Morgan fingerprint density at radius 3 is 2.57 bits per heavy atom. The summed E-state index contributed by atoms with van der Waals surface area (Å²) in [5, 5.41) is 6.53. The predicted octanol–water partition coefficient (Wildman–Crippen LogP) is 3.73. The summed E-state index contributed by atoms with van der Waals surface area (Å²) in [6.07, 6.45) is 1.06. The number of ether oxygens (including phenoxy) is 3. The van der Waals surface area contributed by atoms with Crippen molar-refractivity contribution in [1.82, 2.24) is 5.43 Å². The molecule has 0 bridgehead atoms. The lowest BCUT2D eigenvalue weighted by atomic mass is 10.2. The lowest BCUT2D eigenvalue weighted by Gasteiger charge is -2.15. The van der Waals surface area contributed by atoms with Crippen molar-refractivity contribution in [1.29, 1.82) is 0 Å². The highest BCUT2D eigenvalue weighted by Gasteiger charge is 2.13. The van der Waals surface area contributed by atoms with Crippen LogP contribution in [0.3, 0.4) is 0 Å². The summed E-state index contributed by atoms with van der Waals surface area (Å²) in [5.74, 6) is 0.715. The van der Waals surface area contributed by atoms with E-state index in [-0.39, 0.29) is 12.5 Å². The maximum absolute atomic E-state index is 12.0. The number of hydrogen-bond donors (Lipinski definition) is 2. The van der Waals surface area contributed by atoms with Crippen molar-refractivity contribution in [3.05, 3.63) is 46.4 Å². The van der Waals surface area contributed by atoms with Gasteiger partial charge in [0.1, 0.15) is 12.2 Å². The van der Waals surface area contributed by atoms with Gasteiger partial charge in [-0.1, -0.05) is 6.07 Å². The Hall–Kier alpha value is -3.07. The molecule has 2 rings (SSSR count). The van der Waals surface area contributed by atoms with Crippen LogP contribution in [0.2, 0.25) is 0 Å². The zero-order chi connectivity index (χ0) is 22.1. The Balaban J connectivity index is 1.93. The summed E-state index contributed by atoms with van der Waals surface area (Å²) in [6, 6.07) is 10.4. The predicted molar refractivity (Wildman–Crippen MR) is 118 cm³/mol. The molecule has 0 saturated heterocycles. The van der Waals surface area contributed by atoms with Gasteiger partial charge in [-0.25, -0.2) is 5.43 Å². The lowest BCUT2D eigenvalue weighted by molar-refractivity contribution is -0.126. The molecule has 0 unspecified atom stereocenters. The van der Waals surface area contributed by atoms with E-state index >= 15 is 0 Å². The zero-order valence-corrected chi connectivity index (χ0v) is 18.8. The number of hydrazone groups is 1. The van der Waals surface area contributed by atoms with Gasteiger partial charge in [0.25, 0.3) is 0 Å². The first-order valence-corrected chi connectivity index (χ1v) is 9.91. The van der Waals surface area contributed by atoms with Crippen molar-refractivity contribution in [2.75, 3.05) is 19.5 Å². The smallest absolute Gasteiger partial charge is 0.249 e. The number of anilines is 1. The van der Waals surface area contributed by atoms with Crippen molar-refractivity contribution >= 4 is 39.6 Å². The number of nitrogens with zero attached hydrogens (tertiary/aromatic N) is 1. The molecule has 2 amide bonds. The van der Waals surface area contributed by atoms with Gasteiger partial charge in [-0.2, -0.15) is 5.10 Å². The fourth-order valence-electron chi connectivity index (χ4n) is 2.43. The monoisotopic (exact) mass is 477 g/mol. The summed E-state index contributed by atoms with van der Waals surface area (Å²) in [4.78, 5) is 24.0. The van der Waals surface area contributed by atoms with E-state index in [1.54, 1.807) is 43.5 Å². The molecule has 0 aliphatic carbocycles. The third-order valence-electron chi connectivity index (χ3n) is 3.68. The van der Waals surface area contributed by atoms with Crippen LogP contribution in [-0.4, -0.2) is 38.4 Å². The molecule has 0 aliphatic rings. The highest BCUT2D eigenvalue weighted by molar-refractivity contribution is 9.10. The number of carbonyl (C=O) groups is 2. The van der Waals surface area contributed by atoms with Gasteiger partial charge in [0.05, 0.1) is 31.0 Å². The molecular weight excluding hydrogens is 454 g/mol. The Morgan fingerprint density at radius 2 is 1.90 bits per heavy atom. The number of amides is 2. The number of methoxy groups -OCH3 is 2. The molecule has 2 aromatic carbocycles. The number of rotatable bonds is 9. The molecule has 30 heavy (non-hydrogen) atoms. The van der Waals surface area contributed by atoms with Crippen LogP contribution in [0.4, 0.5) is 5.69 Å². The van der Waals surface area contributed by atoms with Crippen LogP contribution >= 0.6 is 15.9 Å². The molecule has 2 aromatic rings. The van der Waals surface area contributed by atoms with Crippen LogP contribution in [-0.2, 0) is 9.59 Å². The summed E-state index contributed by atoms with van der Waals surface area (Å²) in [7, 11) is 3.07. The second kappa shape index (κ2) is 11.2. The van der Waals surface area contributed by atoms with Gasteiger partial charge in [0, 0.05) is 11.8 Å². The second-order valence-electron chi connectivity index (χ2n) is 6.45. The summed E-state index contributed by atoms with van der Waals surface area (Å²) >= 11 is 3.45. The minimum atomic E-state index is -0.544. The summed E-state index contributed by atoms with van der Waals surface area (Å²) < 4.78 is 16.9. The van der Waals surface area contributed by atoms with E-state index in [0.29, 0.717) is 33.0 Å². The third-order valence-corrected chi connectivity index (χ3v) is 4.27. The molecule has 0 fully saturated rings. The number of hydrogen-bond acceptors (Lipinski definition) is 6. The van der Waals surface area contributed by atoms with Gasteiger partial charge in [-0.3, -0.25) is 9.59 Å². The molecule has 0 saturated carbocycles. The topological polar surface area (TPSA) is 98.2 Å². The van der Waals surface area contributed by atoms with E-state index in [2.05, 4.69) is 31.8 Å². The highest BCUT2D eigenvalue weighted by Crippen LogP contribution is 2.36. The van der Waals surface area contributed by atoms with Gasteiger partial charge in [-0.05, 0) is 59.6 Å². The van der Waals surface area contributed by atoms with Gasteiger partial charge in [-0.15, -0.1) is 0 Å². The molecule has 0 atom stereocenters. The van der Waals surface area contributed by atoms with E-state index in [9.17, 15) is 9.59 Å². The number of benzene rings is 2. The van der Waals surface area contributed by atoms with Crippen LogP contribution < -0.4 is 25.0 Å². The first kappa shape index (κ1) is 23.2. The summed E-state index contributed by atoms with van der Waals surface area (Å²) in [5.41, 5.74) is 3.55. The fraction of sp³-hybridized carbons (Fsp3) is 0.286. The fourth-order valence-corrected chi connectivity index (χ4v) is 2.99. The molecular formula is C21H24BrN3O5. The Kier molecular flexibility index (Phi) is 8.67. The van der Waals surface area contributed by atoms with Crippen molar-refractivity contribution in [2.45, 2.75) is 26.4 Å². The van der Waals surface area contributed by atoms with Crippen molar-refractivity contribution in [3.8, 4) is 17.2 Å². The van der Waals surface area contributed by atoms with Gasteiger partial charge < -0.3 is 19.5 Å². The molecule has 9 heteroatoms. The molecule has 8 nitrogen and oxygen atoms in total. The number of nitrogens with one attached hydrogen (secondary N) is 2. The van der Waals surface area contributed by atoms with Crippen LogP contribution in [0, 0.1) is 0 Å². The molecule has 0 aromatic heterocycles. The highest BCUT2D eigenvalue weighted by atomic mass is 79.9. The number of carbonyl (C=O) groups excluding carboxylic acids is 2. The van der Waals surface area contributed by atoms with Crippen molar-refractivity contribution in [2.24, 2.45) is 5.10 Å². The van der Waals surface area contributed by atoms with E-state index in [4.69, 9.17) is 14.2 Å². The molecule has 0 heterocycles. The van der Waals surface area contributed by atoms with Crippen LogP contribution in [0.1, 0.15) is 25.8 Å². The largest absolute Gasteiger partial charge is 0.497 e. The summed E-state index contributed by atoms with van der Waals surface area (Å²) in [6.45, 7) is 3.84. The lowest BCUT2D eigenvalue weighted by Crippen LogP contribution is -2.24. The Labute approximate surface area is 183 Å². The SMILES string of the molecule is COc1cccc(NC(=O)CC(=O)NN=Cc2cc(Br)c(OC(C)C)c(OC)c2)c1. The number of halogens is 1. The molecule has 0 aliphatic heterocycles. The molecule has 2 N–H and O–H groups in total. The maximum Gasteiger partial charge on any atom is 0.249 e. The average Bonchev–Trinajstić information content (AvgIpc) is 2.69. The minimum Gasteiger partial charge on any atom is -0.497 e. The minimum absolute atomic E-state index is 0.0166. The third kappa shape index (κ3) is 7.07. The first-order valence-electron chi connectivity index (χ1n) is 9.12. The maximum atomic E-state index is 12.0. The molecule has 0 spiro atoms. The van der Waals surface area contributed by atoms with E-state index in [0.717, 1.165) is 0 Å². The van der Waals surface area contributed by atoms with Crippen molar-refractivity contribution < 1.29 is 23.8 Å². The molecule has 0 radical (unpaired) electrons. The zero-order valence-electron chi connectivity index (χ0n) is 17.2. The first-order chi connectivity index (χ1) is 14.3. The van der Waals surface area contributed by atoms with Gasteiger partial charge >= 0.3 is 0 Å². The molecule has 160 valence electrons. The van der Waals surface area contributed by atoms with Crippen LogP contribution in [0.25, 0.3) is 0 Å². The average molecular weight is 478 g/mol. The standard InChI is InChI=1S/C21H24BrN3O5/c1-13(2)30-21-17(22)8-14(9-18(21)29-4)12-23-25-20(27)11-19(26)24-15-6-5-7-16(10-15)28-3/h5-10,12-13H,11H2,1-4H3,(H,24,26)(H,25,27). The van der Waals surface area contributed by atoms with Crippen LogP contribution in [0.5, 0.6) is 17.2 Å². The van der Waals surface area contributed by atoms with Crippen LogP contribution in [0.15, 0.2) is 46.0 Å². The second-order valence-corrected chi connectivity index (χ2v) is 7.31. The Bertz CT molecular complexity index is 931.